The summed E-state index contributed by atoms with van der Waals surface area (Å²) in [5, 5.41) is 1.04. The van der Waals surface area contributed by atoms with Crippen LogP contribution < -0.4 is 5.43 Å². The maximum atomic E-state index is 13.4. The van der Waals surface area contributed by atoms with Crippen LogP contribution in [-0.2, 0) is 17.6 Å². The number of hydrogen-bond donors (Lipinski definition) is 1. The van der Waals surface area contributed by atoms with Gasteiger partial charge in [0.2, 0.25) is 5.91 Å². The molecule has 3 nitrogen and oxygen atoms in total. The van der Waals surface area contributed by atoms with Crippen LogP contribution in [0.5, 0.6) is 0 Å². The van der Waals surface area contributed by atoms with Crippen molar-refractivity contribution >= 4 is 5.91 Å². The smallest absolute Gasteiger partial charge is 0.288 e. The van der Waals surface area contributed by atoms with E-state index in [4.69, 9.17) is 0 Å². The van der Waals surface area contributed by atoms with Gasteiger partial charge in [-0.25, -0.2) is 5.01 Å². The molecule has 1 aliphatic rings. The van der Waals surface area contributed by atoms with Crippen molar-refractivity contribution in [2.24, 2.45) is 5.41 Å². The summed E-state index contributed by atoms with van der Waals surface area (Å²) in [6.07, 6.45) is -3.23. The Morgan fingerprint density at radius 3 is 2.22 bits per heavy atom. The average molecular weight is 328 g/mol. The minimum Gasteiger partial charge on any atom is -0.288 e. The first-order chi connectivity index (χ1) is 10.6. The number of halogens is 3. The molecular formula is C17H23F3N2O. The number of alkyl halides is 3. The van der Waals surface area contributed by atoms with Gasteiger partial charge in [-0.05, 0) is 44.2 Å². The molecular weight excluding hydrogens is 305 g/mol. The summed E-state index contributed by atoms with van der Waals surface area (Å²) >= 11 is 0. The molecule has 1 aromatic carbocycles. The van der Waals surface area contributed by atoms with Crippen LogP contribution in [0.1, 0.15) is 38.3 Å². The van der Waals surface area contributed by atoms with Gasteiger partial charge in [0.25, 0.3) is 0 Å². The van der Waals surface area contributed by atoms with Crippen LogP contribution in [-0.4, -0.2) is 29.7 Å². The molecule has 23 heavy (non-hydrogen) atoms. The van der Waals surface area contributed by atoms with Crippen LogP contribution in [0, 0.1) is 5.41 Å². The Morgan fingerprint density at radius 2 is 1.78 bits per heavy atom. The first-order valence-electron chi connectivity index (χ1n) is 7.86. The first kappa shape index (κ1) is 17.8. The van der Waals surface area contributed by atoms with Gasteiger partial charge in [-0.15, -0.1) is 0 Å². The molecule has 0 saturated carbocycles. The van der Waals surface area contributed by atoms with Gasteiger partial charge in [-0.2, -0.15) is 13.2 Å². The van der Waals surface area contributed by atoms with Crippen molar-refractivity contribution in [1.29, 1.82) is 0 Å². The van der Waals surface area contributed by atoms with E-state index < -0.39 is 17.6 Å². The Labute approximate surface area is 134 Å². The zero-order valence-corrected chi connectivity index (χ0v) is 13.7. The summed E-state index contributed by atoms with van der Waals surface area (Å²) in [4.78, 5) is 11.8. The third-order valence-electron chi connectivity index (χ3n) is 4.32. The largest absolute Gasteiger partial charge is 0.405 e. The van der Waals surface area contributed by atoms with E-state index in [9.17, 15) is 18.0 Å². The summed E-state index contributed by atoms with van der Waals surface area (Å²) in [5.41, 5.74) is 3.62. The number of rotatable bonds is 5. The van der Waals surface area contributed by atoms with Crippen molar-refractivity contribution in [3.05, 3.63) is 35.4 Å². The first-order valence-corrected chi connectivity index (χ1v) is 7.86. The van der Waals surface area contributed by atoms with Crippen LogP contribution in [0.15, 0.2) is 24.3 Å². The van der Waals surface area contributed by atoms with Crippen molar-refractivity contribution in [3.8, 4) is 0 Å². The van der Waals surface area contributed by atoms with E-state index in [1.807, 2.05) is 31.2 Å². The van der Waals surface area contributed by atoms with E-state index in [1.165, 1.54) is 0 Å². The van der Waals surface area contributed by atoms with Gasteiger partial charge in [-0.1, -0.05) is 31.2 Å². The molecule has 6 heteroatoms. The molecule has 0 unspecified atom stereocenters. The lowest BCUT2D eigenvalue weighted by Crippen LogP contribution is -2.50. The second-order valence-corrected chi connectivity index (χ2v) is 6.72. The molecule has 1 aromatic rings. The van der Waals surface area contributed by atoms with Crippen molar-refractivity contribution in [1.82, 2.24) is 10.4 Å². The molecule has 0 spiro atoms. The summed E-state index contributed by atoms with van der Waals surface area (Å²) in [7, 11) is 0. The molecule has 0 aliphatic carbocycles. The summed E-state index contributed by atoms with van der Waals surface area (Å²) in [5.74, 6) is -0.362. The van der Waals surface area contributed by atoms with Crippen molar-refractivity contribution in [2.45, 2.75) is 52.3 Å². The van der Waals surface area contributed by atoms with Gasteiger partial charge in [-0.3, -0.25) is 10.2 Å². The zero-order chi connectivity index (χ0) is 17.3. The van der Waals surface area contributed by atoms with Gasteiger partial charge in [0.15, 0.2) is 0 Å². The maximum Gasteiger partial charge on any atom is 0.405 e. The molecule has 1 N–H and O–H groups in total. The fourth-order valence-corrected chi connectivity index (χ4v) is 2.75. The number of nitrogens with zero attached hydrogens (tertiary/aromatic N) is 1. The highest BCUT2D eigenvalue weighted by Gasteiger charge is 2.49. The maximum absolute atomic E-state index is 13.4. The van der Waals surface area contributed by atoms with Crippen LogP contribution in [0.3, 0.4) is 0 Å². The fourth-order valence-electron chi connectivity index (χ4n) is 2.75. The summed E-state index contributed by atoms with van der Waals surface area (Å²) in [6, 6.07) is 5.97. The van der Waals surface area contributed by atoms with Crippen LogP contribution in [0.4, 0.5) is 13.2 Å². The number of carbonyl (C=O) groups is 1. The quantitative estimate of drug-likeness (QED) is 0.897. The van der Waals surface area contributed by atoms with Gasteiger partial charge in [0, 0.05) is 6.54 Å². The predicted molar refractivity (Wildman–Crippen MR) is 82.6 cm³/mol. The second-order valence-electron chi connectivity index (χ2n) is 6.72. The highest BCUT2D eigenvalue weighted by Crippen LogP contribution is 2.33. The molecule has 0 radical (unpaired) electrons. The van der Waals surface area contributed by atoms with E-state index in [1.54, 1.807) is 13.8 Å². The lowest BCUT2D eigenvalue weighted by Gasteiger charge is -2.29. The number of hydrogen-bond acceptors (Lipinski definition) is 2. The van der Waals surface area contributed by atoms with Gasteiger partial charge in [0.05, 0.1) is 5.41 Å². The number of aryl methyl sites for hydroxylation is 2. The highest BCUT2D eigenvalue weighted by molar-refractivity contribution is 5.83. The minimum atomic E-state index is -4.38. The Balaban J connectivity index is 2.06. The standard InChI is InChI=1S/C17H23F3N2O/c1-4-12-5-7-13(8-6-12)9-10-14(17(18,19)20)22-11-16(2,3)15(23)21-22/h5-8,14H,4,9-11H2,1-3H3,(H,21,23)/t14-/m0/s1. The van der Waals surface area contributed by atoms with Crippen LogP contribution in [0.25, 0.3) is 0 Å². The Kier molecular flexibility index (Phi) is 5.04. The molecule has 1 amide bonds. The average Bonchev–Trinajstić information content (AvgIpc) is 2.72. The lowest BCUT2D eigenvalue weighted by atomic mass is 9.94. The molecule has 1 saturated heterocycles. The van der Waals surface area contributed by atoms with Gasteiger partial charge in [0.1, 0.15) is 6.04 Å². The zero-order valence-electron chi connectivity index (χ0n) is 13.7. The topological polar surface area (TPSA) is 32.3 Å². The molecule has 2 rings (SSSR count). The van der Waals surface area contributed by atoms with E-state index in [0.717, 1.165) is 22.6 Å². The Hall–Kier alpha value is -1.56. The Morgan fingerprint density at radius 1 is 1.22 bits per heavy atom. The third-order valence-corrected chi connectivity index (χ3v) is 4.32. The number of nitrogens with one attached hydrogen (secondary N) is 1. The molecule has 0 bridgehead atoms. The molecule has 1 fully saturated rings. The van der Waals surface area contributed by atoms with E-state index >= 15 is 0 Å². The lowest BCUT2D eigenvalue weighted by molar-refractivity contribution is -0.190. The van der Waals surface area contributed by atoms with E-state index in [0.29, 0.717) is 6.42 Å². The fraction of sp³-hybridized carbons (Fsp3) is 0.588. The Bertz CT molecular complexity index is 552. The van der Waals surface area contributed by atoms with Gasteiger partial charge < -0.3 is 0 Å². The normalized spacial score (nSPS) is 19.7. The number of carbonyl (C=O) groups excluding carboxylic acids is 1. The van der Waals surface area contributed by atoms with E-state index in [-0.39, 0.29) is 18.9 Å². The van der Waals surface area contributed by atoms with Crippen molar-refractivity contribution in [2.75, 3.05) is 6.54 Å². The van der Waals surface area contributed by atoms with Crippen molar-refractivity contribution in [3.63, 3.8) is 0 Å². The summed E-state index contributed by atoms with van der Waals surface area (Å²) < 4.78 is 40.1. The second kappa shape index (κ2) is 6.51. The molecule has 1 heterocycles. The molecule has 0 aromatic heterocycles. The summed E-state index contributed by atoms with van der Waals surface area (Å²) in [6.45, 7) is 5.40. The monoisotopic (exact) mass is 328 g/mol. The third kappa shape index (κ3) is 4.25. The van der Waals surface area contributed by atoms with E-state index in [2.05, 4.69) is 5.43 Å². The number of hydrazine groups is 1. The highest BCUT2D eigenvalue weighted by atomic mass is 19.4. The van der Waals surface area contributed by atoms with Crippen LogP contribution >= 0.6 is 0 Å². The number of benzene rings is 1. The van der Waals surface area contributed by atoms with Gasteiger partial charge >= 0.3 is 6.18 Å². The van der Waals surface area contributed by atoms with Crippen molar-refractivity contribution < 1.29 is 18.0 Å². The predicted octanol–water partition coefficient (Wildman–Crippen LogP) is 3.49. The molecule has 128 valence electrons. The molecule has 1 aliphatic heterocycles. The molecule has 1 atom stereocenters. The number of amides is 1. The SMILES string of the molecule is CCc1ccc(CC[C@H](N2CC(C)(C)C(=O)N2)C(F)(F)F)cc1. The minimum absolute atomic E-state index is 0.0603. The van der Waals surface area contributed by atoms with Crippen LogP contribution in [0.2, 0.25) is 0 Å².